The second kappa shape index (κ2) is 7.25. The van der Waals surface area contributed by atoms with Gasteiger partial charge in [-0.3, -0.25) is 0 Å². The number of likely N-dealkylation sites (N-methyl/N-ethyl adjacent to an activating group) is 1. The molecule has 0 amide bonds. The Morgan fingerprint density at radius 2 is 2.10 bits per heavy atom. The summed E-state index contributed by atoms with van der Waals surface area (Å²) < 4.78 is 20.3. The predicted octanol–water partition coefficient (Wildman–Crippen LogP) is 4.75. The molecule has 2 rings (SSSR count). The van der Waals surface area contributed by atoms with Gasteiger partial charge in [0.2, 0.25) is 0 Å². The van der Waals surface area contributed by atoms with Gasteiger partial charge in [-0.1, -0.05) is 33.6 Å². The van der Waals surface area contributed by atoms with Crippen LogP contribution in [0.3, 0.4) is 0 Å². The maximum Gasteiger partial charge on any atom is 0.129 e. The molecule has 2 nitrogen and oxygen atoms in total. The van der Waals surface area contributed by atoms with Crippen molar-refractivity contribution in [3.8, 4) is 5.75 Å². The Kier molecular flexibility index (Phi) is 5.62. The predicted molar refractivity (Wildman–Crippen MR) is 87.6 cm³/mol. The highest BCUT2D eigenvalue weighted by Crippen LogP contribution is 2.31. The minimum Gasteiger partial charge on any atom is -0.497 e. The molecule has 2 aromatic rings. The highest BCUT2D eigenvalue weighted by molar-refractivity contribution is 9.10. The van der Waals surface area contributed by atoms with Crippen molar-refractivity contribution in [2.45, 2.75) is 12.5 Å². The van der Waals surface area contributed by atoms with Crippen LogP contribution in [0.15, 0.2) is 40.9 Å². The summed E-state index contributed by atoms with van der Waals surface area (Å²) in [7, 11) is 3.41. The summed E-state index contributed by atoms with van der Waals surface area (Å²) in [5, 5.41) is 3.55. The minimum absolute atomic E-state index is 0.220. The van der Waals surface area contributed by atoms with Crippen molar-refractivity contribution in [1.29, 1.82) is 0 Å². The second-order valence-corrected chi connectivity index (χ2v) is 5.90. The van der Waals surface area contributed by atoms with Gasteiger partial charge in [-0.2, -0.15) is 0 Å². The van der Waals surface area contributed by atoms with Crippen LogP contribution in [0.2, 0.25) is 5.02 Å². The molecule has 0 bridgehead atoms. The summed E-state index contributed by atoms with van der Waals surface area (Å²) in [6.07, 6.45) is 0.592. The van der Waals surface area contributed by atoms with E-state index in [-0.39, 0.29) is 11.9 Å². The quantitative estimate of drug-likeness (QED) is 0.817. The monoisotopic (exact) mass is 371 g/mol. The first-order valence-corrected chi connectivity index (χ1v) is 7.67. The van der Waals surface area contributed by atoms with Crippen LogP contribution in [0.4, 0.5) is 4.39 Å². The average Bonchev–Trinajstić information content (AvgIpc) is 2.47. The number of methoxy groups -OCH3 is 1. The molecule has 2 aromatic carbocycles. The van der Waals surface area contributed by atoms with E-state index in [9.17, 15) is 4.39 Å². The molecule has 0 fully saturated rings. The lowest BCUT2D eigenvalue weighted by Gasteiger charge is -2.20. The fourth-order valence-corrected chi connectivity index (χ4v) is 2.95. The summed E-state index contributed by atoms with van der Waals surface area (Å²) in [5.74, 6) is 0.462. The molecular formula is C16H16BrClFNO. The molecule has 1 unspecified atom stereocenters. The third-order valence-electron chi connectivity index (χ3n) is 3.37. The van der Waals surface area contributed by atoms with Crippen molar-refractivity contribution in [3.63, 3.8) is 0 Å². The normalized spacial score (nSPS) is 12.2. The van der Waals surface area contributed by atoms with E-state index in [2.05, 4.69) is 21.2 Å². The molecule has 0 aliphatic rings. The molecule has 0 spiro atoms. The van der Waals surface area contributed by atoms with Crippen molar-refractivity contribution in [1.82, 2.24) is 5.32 Å². The lowest BCUT2D eigenvalue weighted by molar-refractivity contribution is 0.413. The third-order valence-corrected chi connectivity index (χ3v) is 4.48. The van der Waals surface area contributed by atoms with Gasteiger partial charge in [-0.25, -0.2) is 4.39 Å². The highest BCUT2D eigenvalue weighted by atomic mass is 79.9. The van der Waals surface area contributed by atoms with Gasteiger partial charge >= 0.3 is 0 Å². The van der Waals surface area contributed by atoms with Gasteiger partial charge in [0, 0.05) is 21.1 Å². The van der Waals surface area contributed by atoms with Crippen LogP contribution in [0.25, 0.3) is 0 Å². The number of nitrogens with one attached hydrogen (secondary N) is 1. The second-order valence-electron chi connectivity index (χ2n) is 4.64. The van der Waals surface area contributed by atoms with E-state index in [1.165, 1.54) is 6.07 Å². The van der Waals surface area contributed by atoms with E-state index in [0.717, 1.165) is 15.8 Å². The Hall–Kier alpha value is -1.10. The Morgan fingerprint density at radius 3 is 2.71 bits per heavy atom. The van der Waals surface area contributed by atoms with Crippen LogP contribution in [-0.4, -0.2) is 14.2 Å². The molecule has 0 radical (unpaired) electrons. The molecule has 1 atom stereocenters. The summed E-state index contributed by atoms with van der Waals surface area (Å²) in [6, 6.07) is 10.2. The SMILES string of the molecule is CNC(Cc1cc(OC)ccc1Br)c1c(F)cccc1Cl. The van der Waals surface area contributed by atoms with Gasteiger partial charge in [-0.15, -0.1) is 0 Å². The zero-order valence-corrected chi connectivity index (χ0v) is 14.1. The summed E-state index contributed by atoms with van der Waals surface area (Å²) in [4.78, 5) is 0. The first kappa shape index (κ1) is 16.3. The van der Waals surface area contributed by atoms with Crippen LogP contribution in [0.5, 0.6) is 5.75 Å². The van der Waals surface area contributed by atoms with E-state index in [1.807, 2.05) is 18.2 Å². The summed E-state index contributed by atoms with van der Waals surface area (Å²) in [5.41, 5.74) is 1.50. The molecule has 1 N–H and O–H groups in total. The first-order valence-electron chi connectivity index (χ1n) is 6.50. The largest absolute Gasteiger partial charge is 0.497 e. The number of hydrogen-bond donors (Lipinski definition) is 1. The first-order chi connectivity index (χ1) is 10.1. The van der Waals surface area contributed by atoms with E-state index in [0.29, 0.717) is 17.0 Å². The van der Waals surface area contributed by atoms with Gasteiger partial charge in [0.25, 0.3) is 0 Å². The van der Waals surface area contributed by atoms with Gasteiger partial charge in [0.05, 0.1) is 7.11 Å². The molecule has 0 aliphatic heterocycles. The van der Waals surface area contributed by atoms with Crippen LogP contribution >= 0.6 is 27.5 Å². The zero-order chi connectivity index (χ0) is 15.4. The van der Waals surface area contributed by atoms with E-state index < -0.39 is 0 Å². The maximum atomic E-state index is 14.1. The lowest BCUT2D eigenvalue weighted by Crippen LogP contribution is -2.20. The van der Waals surface area contributed by atoms with Crippen molar-refractivity contribution in [3.05, 3.63) is 62.8 Å². The van der Waals surface area contributed by atoms with Crippen LogP contribution in [-0.2, 0) is 6.42 Å². The Labute approximate surface area is 137 Å². The third kappa shape index (κ3) is 3.76. The van der Waals surface area contributed by atoms with E-state index in [1.54, 1.807) is 26.3 Å². The standard InChI is InChI=1S/C16H16BrClFNO/c1-20-15(16-13(18)4-3-5-14(16)19)9-10-8-11(21-2)6-7-12(10)17/h3-8,15,20H,9H2,1-2H3. The Balaban J connectivity index is 2.36. The van der Waals surface area contributed by atoms with Crippen molar-refractivity contribution < 1.29 is 9.13 Å². The number of halogens is 3. The number of hydrogen-bond acceptors (Lipinski definition) is 2. The van der Waals surface area contributed by atoms with Gasteiger partial charge < -0.3 is 10.1 Å². The molecule has 0 aromatic heterocycles. The number of rotatable bonds is 5. The number of ether oxygens (including phenoxy) is 1. The number of benzene rings is 2. The van der Waals surface area contributed by atoms with Crippen LogP contribution in [0, 0.1) is 5.82 Å². The van der Waals surface area contributed by atoms with Gasteiger partial charge in [-0.05, 0) is 49.4 Å². The topological polar surface area (TPSA) is 21.3 Å². The molecule has 21 heavy (non-hydrogen) atoms. The molecule has 112 valence electrons. The summed E-state index contributed by atoms with van der Waals surface area (Å²) in [6.45, 7) is 0. The smallest absolute Gasteiger partial charge is 0.129 e. The molecule has 0 saturated heterocycles. The summed E-state index contributed by atoms with van der Waals surface area (Å²) >= 11 is 9.67. The molecule has 0 aliphatic carbocycles. The van der Waals surface area contributed by atoms with Crippen molar-refractivity contribution >= 4 is 27.5 Å². The fraction of sp³-hybridized carbons (Fsp3) is 0.250. The minimum atomic E-state index is -0.305. The maximum absolute atomic E-state index is 14.1. The molecule has 0 heterocycles. The van der Waals surface area contributed by atoms with E-state index >= 15 is 0 Å². The van der Waals surface area contributed by atoms with Crippen LogP contribution < -0.4 is 10.1 Å². The highest BCUT2D eigenvalue weighted by Gasteiger charge is 2.19. The van der Waals surface area contributed by atoms with Gasteiger partial charge in [0.15, 0.2) is 0 Å². The van der Waals surface area contributed by atoms with E-state index in [4.69, 9.17) is 16.3 Å². The molecular weight excluding hydrogens is 357 g/mol. The van der Waals surface area contributed by atoms with Gasteiger partial charge in [0.1, 0.15) is 11.6 Å². The van der Waals surface area contributed by atoms with Crippen molar-refractivity contribution in [2.24, 2.45) is 0 Å². The van der Waals surface area contributed by atoms with Crippen molar-refractivity contribution in [2.75, 3.05) is 14.2 Å². The average molecular weight is 373 g/mol. The zero-order valence-electron chi connectivity index (χ0n) is 11.8. The molecule has 0 saturated carbocycles. The Morgan fingerprint density at radius 1 is 1.33 bits per heavy atom. The lowest BCUT2D eigenvalue weighted by atomic mass is 9.98. The molecule has 5 heteroatoms. The van der Waals surface area contributed by atoms with Crippen LogP contribution in [0.1, 0.15) is 17.2 Å². The fourth-order valence-electron chi connectivity index (χ4n) is 2.25. The Bertz CT molecular complexity index is 615.